The van der Waals surface area contributed by atoms with E-state index in [0.717, 1.165) is 5.56 Å². The molecule has 1 fully saturated rings. The number of hydrogen-bond donors (Lipinski definition) is 2. The highest BCUT2D eigenvalue weighted by Gasteiger charge is 2.38. The molecule has 1 aliphatic rings. The Morgan fingerprint density at radius 2 is 2.10 bits per heavy atom. The Morgan fingerprint density at radius 1 is 1.38 bits per heavy atom. The van der Waals surface area contributed by atoms with E-state index in [2.05, 4.69) is 0 Å². The summed E-state index contributed by atoms with van der Waals surface area (Å²) in [6, 6.07) is 7.02. The Morgan fingerprint density at radius 3 is 2.76 bits per heavy atom. The summed E-state index contributed by atoms with van der Waals surface area (Å²) in [6.07, 6.45) is 0.842. The number of carboxylic acid groups (broad SMARTS) is 1. The molecule has 6 nitrogen and oxygen atoms in total. The summed E-state index contributed by atoms with van der Waals surface area (Å²) in [6.45, 7) is 0.427. The van der Waals surface area contributed by atoms with Crippen LogP contribution in [0.2, 0.25) is 0 Å². The van der Waals surface area contributed by atoms with Gasteiger partial charge in [-0.05, 0) is 18.1 Å². The lowest BCUT2D eigenvalue weighted by Gasteiger charge is -2.26. The van der Waals surface area contributed by atoms with Crippen LogP contribution in [0.4, 0.5) is 5.69 Å². The van der Waals surface area contributed by atoms with E-state index in [4.69, 9.17) is 15.6 Å². The van der Waals surface area contributed by atoms with Crippen LogP contribution in [-0.2, 0) is 20.7 Å². The smallest absolute Gasteiger partial charge is 0.311 e. The molecule has 1 aliphatic heterocycles. The van der Waals surface area contributed by atoms with Crippen molar-refractivity contribution < 1.29 is 19.4 Å². The van der Waals surface area contributed by atoms with Crippen molar-refractivity contribution in [2.24, 2.45) is 5.92 Å². The number of aryl methyl sites for hydroxylation is 1. The zero-order valence-corrected chi connectivity index (χ0v) is 12.0. The van der Waals surface area contributed by atoms with Gasteiger partial charge in [0, 0.05) is 19.2 Å². The van der Waals surface area contributed by atoms with Crippen molar-refractivity contribution in [1.29, 1.82) is 0 Å². The number of carboxylic acids is 1. The number of likely N-dealkylation sites (N-methyl/N-ethyl adjacent to an activating group) is 1. The van der Waals surface area contributed by atoms with Crippen molar-refractivity contribution >= 4 is 17.6 Å². The lowest BCUT2D eigenvalue weighted by molar-refractivity contribution is -0.144. The molecule has 0 saturated carbocycles. The molecule has 1 amide bonds. The second-order valence-electron chi connectivity index (χ2n) is 5.25. The molecule has 2 rings (SSSR count). The van der Waals surface area contributed by atoms with Gasteiger partial charge in [-0.1, -0.05) is 18.2 Å². The number of benzene rings is 1. The lowest BCUT2D eigenvalue weighted by atomic mass is 10.0. The van der Waals surface area contributed by atoms with E-state index in [9.17, 15) is 9.59 Å². The maximum absolute atomic E-state index is 12.2. The fourth-order valence-corrected chi connectivity index (χ4v) is 2.53. The molecular weight excluding hydrogens is 272 g/mol. The number of rotatable bonds is 5. The summed E-state index contributed by atoms with van der Waals surface area (Å²) in [4.78, 5) is 24.8. The highest BCUT2D eigenvalue weighted by Crippen LogP contribution is 2.20. The first-order valence-electron chi connectivity index (χ1n) is 6.90. The minimum Gasteiger partial charge on any atom is -0.481 e. The highest BCUT2D eigenvalue weighted by molar-refractivity contribution is 5.78. The number of hydrogen-bond acceptors (Lipinski definition) is 4. The van der Waals surface area contributed by atoms with Gasteiger partial charge in [0.2, 0.25) is 5.91 Å². The van der Waals surface area contributed by atoms with E-state index < -0.39 is 17.9 Å². The second-order valence-corrected chi connectivity index (χ2v) is 5.25. The molecule has 0 bridgehead atoms. The Kier molecular flexibility index (Phi) is 4.80. The maximum Gasteiger partial charge on any atom is 0.311 e. The lowest BCUT2D eigenvalue weighted by Crippen LogP contribution is -2.44. The molecule has 3 N–H and O–H groups in total. The molecule has 0 aliphatic carbocycles. The molecule has 1 aromatic carbocycles. The number of carbonyl (C=O) groups excluding carboxylic acids is 1. The van der Waals surface area contributed by atoms with Crippen LogP contribution in [0, 0.1) is 5.92 Å². The Bertz CT molecular complexity index is 532. The SMILES string of the molecule is CN(C(=O)CCc1ccccc1N)C1COCC1C(=O)O. The summed E-state index contributed by atoms with van der Waals surface area (Å²) < 4.78 is 5.19. The summed E-state index contributed by atoms with van der Waals surface area (Å²) in [5.74, 6) is -1.68. The van der Waals surface area contributed by atoms with Gasteiger partial charge in [0.1, 0.15) is 5.92 Å². The van der Waals surface area contributed by atoms with Crippen molar-refractivity contribution in [2.45, 2.75) is 18.9 Å². The van der Waals surface area contributed by atoms with Gasteiger partial charge < -0.3 is 20.5 Å². The quantitative estimate of drug-likeness (QED) is 0.782. The van der Waals surface area contributed by atoms with Crippen molar-refractivity contribution in [2.75, 3.05) is 26.0 Å². The zero-order chi connectivity index (χ0) is 15.4. The number of anilines is 1. The summed E-state index contributed by atoms with van der Waals surface area (Å²) in [7, 11) is 1.63. The Balaban J connectivity index is 1.94. The minimum atomic E-state index is -0.926. The van der Waals surface area contributed by atoms with Crippen molar-refractivity contribution in [3.8, 4) is 0 Å². The van der Waals surface area contributed by atoms with Crippen LogP contribution in [0.3, 0.4) is 0 Å². The molecule has 114 valence electrons. The number of para-hydroxylation sites is 1. The first-order chi connectivity index (χ1) is 10.0. The number of nitrogen functional groups attached to an aromatic ring is 1. The van der Waals surface area contributed by atoms with E-state index in [1.54, 1.807) is 13.1 Å². The second kappa shape index (κ2) is 6.58. The predicted molar refractivity (Wildman–Crippen MR) is 77.7 cm³/mol. The number of aliphatic carboxylic acids is 1. The van der Waals surface area contributed by atoms with Crippen LogP contribution in [0.5, 0.6) is 0 Å². The predicted octanol–water partition coefficient (Wildman–Crippen LogP) is 0.759. The van der Waals surface area contributed by atoms with E-state index in [1.165, 1.54) is 4.90 Å². The molecule has 1 saturated heterocycles. The monoisotopic (exact) mass is 292 g/mol. The fourth-order valence-electron chi connectivity index (χ4n) is 2.53. The Hall–Kier alpha value is -2.08. The zero-order valence-electron chi connectivity index (χ0n) is 12.0. The number of amides is 1. The molecule has 1 aromatic rings. The number of carbonyl (C=O) groups is 2. The largest absolute Gasteiger partial charge is 0.481 e. The van der Waals surface area contributed by atoms with E-state index in [1.807, 2.05) is 18.2 Å². The van der Waals surface area contributed by atoms with Gasteiger partial charge in [-0.25, -0.2) is 0 Å². The van der Waals surface area contributed by atoms with Crippen molar-refractivity contribution in [1.82, 2.24) is 4.90 Å². The minimum absolute atomic E-state index is 0.0972. The fraction of sp³-hybridized carbons (Fsp3) is 0.467. The first-order valence-corrected chi connectivity index (χ1v) is 6.90. The molecule has 0 spiro atoms. The van der Waals surface area contributed by atoms with Gasteiger partial charge in [-0.2, -0.15) is 0 Å². The van der Waals surface area contributed by atoms with Gasteiger partial charge in [0.15, 0.2) is 0 Å². The third-order valence-corrected chi connectivity index (χ3v) is 3.92. The molecule has 2 atom stereocenters. The average molecular weight is 292 g/mol. The van der Waals surface area contributed by atoms with Gasteiger partial charge in [-0.3, -0.25) is 9.59 Å². The van der Waals surface area contributed by atoms with Crippen LogP contribution in [0.15, 0.2) is 24.3 Å². The van der Waals surface area contributed by atoms with Crippen LogP contribution >= 0.6 is 0 Å². The summed E-state index contributed by atoms with van der Waals surface area (Å²) >= 11 is 0. The van der Waals surface area contributed by atoms with Crippen molar-refractivity contribution in [3.63, 3.8) is 0 Å². The number of ether oxygens (including phenoxy) is 1. The van der Waals surface area contributed by atoms with Gasteiger partial charge >= 0.3 is 5.97 Å². The van der Waals surface area contributed by atoms with E-state index in [0.29, 0.717) is 18.5 Å². The van der Waals surface area contributed by atoms with Crippen LogP contribution < -0.4 is 5.73 Å². The Labute approximate surface area is 123 Å². The molecule has 0 aromatic heterocycles. The van der Waals surface area contributed by atoms with Crippen LogP contribution in [0.25, 0.3) is 0 Å². The van der Waals surface area contributed by atoms with Gasteiger partial charge in [-0.15, -0.1) is 0 Å². The average Bonchev–Trinajstić information content (AvgIpc) is 2.95. The molecule has 2 unspecified atom stereocenters. The summed E-state index contributed by atoms with van der Waals surface area (Å²) in [5, 5.41) is 9.12. The van der Waals surface area contributed by atoms with Gasteiger partial charge in [0.05, 0.1) is 19.3 Å². The normalized spacial score (nSPS) is 21.2. The molecule has 21 heavy (non-hydrogen) atoms. The molecule has 6 heteroatoms. The highest BCUT2D eigenvalue weighted by atomic mass is 16.5. The third kappa shape index (κ3) is 3.52. The van der Waals surface area contributed by atoms with Crippen LogP contribution in [0.1, 0.15) is 12.0 Å². The van der Waals surface area contributed by atoms with Crippen molar-refractivity contribution in [3.05, 3.63) is 29.8 Å². The number of nitrogens with zero attached hydrogens (tertiary/aromatic N) is 1. The van der Waals surface area contributed by atoms with Crippen LogP contribution in [-0.4, -0.2) is 48.2 Å². The molecule has 1 heterocycles. The van der Waals surface area contributed by atoms with Gasteiger partial charge in [0.25, 0.3) is 0 Å². The van der Waals surface area contributed by atoms with E-state index in [-0.39, 0.29) is 19.1 Å². The maximum atomic E-state index is 12.2. The molecular formula is C15H20N2O4. The topological polar surface area (TPSA) is 92.9 Å². The number of nitrogens with two attached hydrogens (primary N) is 1. The third-order valence-electron chi connectivity index (χ3n) is 3.92. The first kappa shape index (κ1) is 15.3. The standard InChI is InChI=1S/C15H20N2O4/c1-17(13-9-21-8-11(13)15(19)20)14(18)7-6-10-4-2-3-5-12(10)16/h2-5,11,13H,6-9,16H2,1H3,(H,19,20). The molecule has 0 radical (unpaired) electrons. The van der Waals surface area contributed by atoms with E-state index >= 15 is 0 Å². The summed E-state index contributed by atoms with van der Waals surface area (Å²) in [5.41, 5.74) is 7.44.